The molecule has 2 rings (SSSR count). The Morgan fingerprint density at radius 2 is 1.82 bits per heavy atom. The molecule has 1 aromatic carbocycles. The van der Waals surface area contributed by atoms with E-state index in [1.54, 1.807) is 0 Å². The highest BCUT2D eigenvalue weighted by Crippen LogP contribution is 2.19. The molecule has 0 fully saturated rings. The van der Waals surface area contributed by atoms with Gasteiger partial charge in [-0.05, 0) is 0 Å². The van der Waals surface area contributed by atoms with Crippen molar-refractivity contribution in [3.63, 3.8) is 0 Å². The molecular formula is C10H4F3NO3. The van der Waals surface area contributed by atoms with Crippen LogP contribution in [0.4, 0.5) is 13.2 Å². The number of fused-ring (bicyclic) bond motifs is 1. The smallest absolute Gasteiger partial charge is 0.352 e. The summed E-state index contributed by atoms with van der Waals surface area (Å²) in [5.41, 5.74) is -1.98. The first kappa shape index (κ1) is 11.2. The molecule has 0 saturated carbocycles. The van der Waals surface area contributed by atoms with E-state index in [1.807, 2.05) is 0 Å². The van der Waals surface area contributed by atoms with Crippen LogP contribution in [0.15, 0.2) is 16.9 Å². The number of carboxylic acids is 1. The van der Waals surface area contributed by atoms with Crippen LogP contribution in [0.1, 0.15) is 10.5 Å². The van der Waals surface area contributed by atoms with Gasteiger partial charge in [0.2, 0.25) is 0 Å². The van der Waals surface area contributed by atoms with Crippen molar-refractivity contribution < 1.29 is 23.1 Å². The van der Waals surface area contributed by atoms with Gasteiger partial charge in [0.05, 0.1) is 10.9 Å². The first-order valence-electron chi connectivity index (χ1n) is 4.35. The van der Waals surface area contributed by atoms with Crippen molar-refractivity contribution in [1.29, 1.82) is 0 Å². The fourth-order valence-corrected chi connectivity index (χ4v) is 1.43. The molecule has 1 aromatic heterocycles. The second-order valence-electron chi connectivity index (χ2n) is 3.26. The molecule has 0 aliphatic rings. The van der Waals surface area contributed by atoms with Gasteiger partial charge in [-0.1, -0.05) is 0 Å². The molecular weight excluding hydrogens is 239 g/mol. The molecule has 0 unspecified atom stereocenters. The van der Waals surface area contributed by atoms with Crippen molar-refractivity contribution in [2.45, 2.75) is 0 Å². The van der Waals surface area contributed by atoms with Crippen molar-refractivity contribution in [3.8, 4) is 0 Å². The first-order chi connectivity index (χ1) is 7.91. The second-order valence-corrected chi connectivity index (χ2v) is 3.26. The Bertz CT molecular complexity index is 693. The molecule has 0 amide bonds. The molecule has 17 heavy (non-hydrogen) atoms. The molecule has 0 saturated heterocycles. The average Bonchev–Trinajstić information content (AvgIpc) is 2.25. The third-order valence-electron chi connectivity index (χ3n) is 2.18. The maximum absolute atomic E-state index is 13.3. The summed E-state index contributed by atoms with van der Waals surface area (Å²) in [7, 11) is 0. The van der Waals surface area contributed by atoms with E-state index >= 15 is 0 Å². The van der Waals surface area contributed by atoms with Crippen LogP contribution < -0.4 is 5.43 Å². The molecule has 0 radical (unpaired) electrons. The van der Waals surface area contributed by atoms with E-state index in [0.29, 0.717) is 12.1 Å². The van der Waals surface area contributed by atoms with Crippen molar-refractivity contribution in [2.24, 2.45) is 0 Å². The van der Waals surface area contributed by atoms with Gasteiger partial charge < -0.3 is 10.1 Å². The average molecular weight is 243 g/mol. The molecule has 2 N–H and O–H groups in total. The van der Waals surface area contributed by atoms with E-state index in [4.69, 9.17) is 5.11 Å². The van der Waals surface area contributed by atoms with Crippen LogP contribution in [0.3, 0.4) is 0 Å². The number of hydrogen-bond acceptors (Lipinski definition) is 2. The third-order valence-corrected chi connectivity index (χ3v) is 2.18. The van der Waals surface area contributed by atoms with Gasteiger partial charge >= 0.3 is 5.97 Å². The highest BCUT2D eigenvalue weighted by molar-refractivity contribution is 5.89. The Balaban J connectivity index is 2.97. The number of H-pyrrole nitrogens is 1. The third kappa shape index (κ3) is 1.65. The van der Waals surface area contributed by atoms with Crippen molar-refractivity contribution in [3.05, 3.63) is 45.5 Å². The highest BCUT2D eigenvalue weighted by atomic mass is 19.2. The van der Waals surface area contributed by atoms with Crippen LogP contribution >= 0.6 is 0 Å². The number of hydrogen-bond donors (Lipinski definition) is 2. The van der Waals surface area contributed by atoms with E-state index in [1.165, 1.54) is 0 Å². The largest absolute Gasteiger partial charge is 0.477 e. The Hall–Kier alpha value is -2.31. The lowest BCUT2D eigenvalue weighted by molar-refractivity contribution is 0.0691. The maximum Gasteiger partial charge on any atom is 0.352 e. The van der Waals surface area contributed by atoms with Gasteiger partial charge in [-0.25, -0.2) is 18.0 Å². The van der Waals surface area contributed by atoms with Gasteiger partial charge in [0.25, 0.3) is 0 Å². The molecule has 88 valence electrons. The zero-order valence-corrected chi connectivity index (χ0v) is 8.05. The summed E-state index contributed by atoms with van der Waals surface area (Å²) in [6.07, 6.45) is 0. The zero-order chi connectivity index (χ0) is 12.7. The summed E-state index contributed by atoms with van der Waals surface area (Å²) in [6.45, 7) is 0. The molecule has 0 aliphatic heterocycles. The summed E-state index contributed by atoms with van der Waals surface area (Å²) >= 11 is 0. The number of carbonyl (C=O) groups is 1. The molecule has 1 heterocycles. The minimum atomic E-state index is -1.77. The monoisotopic (exact) mass is 243 g/mol. The number of aromatic nitrogens is 1. The Kier molecular flexibility index (Phi) is 2.38. The van der Waals surface area contributed by atoms with E-state index in [-0.39, 0.29) is 0 Å². The predicted octanol–water partition coefficient (Wildman–Crippen LogP) is 1.64. The van der Waals surface area contributed by atoms with Gasteiger partial charge in [0.1, 0.15) is 5.69 Å². The van der Waals surface area contributed by atoms with E-state index < -0.39 is 45.4 Å². The molecule has 7 heteroatoms. The highest BCUT2D eigenvalue weighted by Gasteiger charge is 2.18. The molecule has 0 aliphatic carbocycles. The summed E-state index contributed by atoms with van der Waals surface area (Å²) < 4.78 is 39.0. The van der Waals surface area contributed by atoms with Crippen LogP contribution in [0.25, 0.3) is 10.9 Å². The number of pyridine rings is 1. The van der Waals surface area contributed by atoms with Gasteiger partial charge in [-0.2, -0.15) is 0 Å². The first-order valence-corrected chi connectivity index (χ1v) is 4.35. The summed E-state index contributed by atoms with van der Waals surface area (Å²) in [5.74, 6) is -6.38. The predicted molar refractivity (Wildman–Crippen MR) is 51.4 cm³/mol. The minimum Gasteiger partial charge on any atom is -0.477 e. The van der Waals surface area contributed by atoms with Crippen molar-refractivity contribution in [1.82, 2.24) is 4.98 Å². The summed E-state index contributed by atoms with van der Waals surface area (Å²) in [5, 5.41) is 7.92. The lowest BCUT2D eigenvalue weighted by atomic mass is 10.1. The van der Waals surface area contributed by atoms with E-state index in [0.717, 1.165) is 0 Å². The molecule has 0 spiro atoms. The number of aromatic amines is 1. The fraction of sp³-hybridized carbons (Fsp3) is 0. The molecule has 0 bridgehead atoms. The van der Waals surface area contributed by atoms with Crippen LogP contribution in [0, 0.1) is 17.5 Å². The van der Waals surface area contributed by atoms with Crippen LogP contribution in [0.2, 0.25) is 0 Å². The topological polar surface area (TPSA) is 70.2 Å². The van der Waals surface area contributed by atoms with Crippen LogP contribution in [0.5, 0.6) is 0 Å². The number of benzene rings is 1. The quantitative estimate of drug-likeness (QED) is 0.748. The number of halogens is 3. The van der Waals surface area contributed by atoms with E-state index in [2.05, 4.69) is 4.98 Å². The standard InChI is InChI=1S/C10H4F3NO3/c11-3-1-4-7(9(13)8(3)12)6(15)2-5(14-4)10(16)17/h1-2H,(H,14,15)(H,16,17). The molecule has 4 nitrogen and oxygen atoms in total. The number of nitrogens with one attached hydrogen (secondary N) is 1. The molecule has 0 atom stereocenters. The number of carboxylic acid groups (broad SMARTS) is 1. The molecule has 2 aromatic rings. The van der Waals surface area contributed by atoms with Crippen LogP contribution in [-0.4, -0.2) is 16.1 Å². The minimum absolute atomic E-state index is 0.411. The zero-order valence-electron chi connectivity index (χ0n) is 8.05. The SMILES string of the molecule is O=C(O)c1cc(=O)c2c(F)c(F)c(F)cc2[nH]1. The van der Waals surface area contributed by atoms with Crippen molar-refractivity contribution in [2.75, 3.05) is 0 Å². The van der Waals surface area contributed by atoms with Gasteiger partial charge in [-0.3, -0.25) is 4.79 Å². The second kappa shape index (κ2) is 3.62. The summed E-state index contributed by atoms with van der Waals surface area (Å²) in [4.78, 5) is 24.1. The Labute approximate surface area is 91.3 Å². The Morgan fingerprint density at radius 3 is 2.41 bits per heavy atom. The van der Waals surface area contributed by atoms with Crippen LogP contribution in [-0.2, 0) is 0 Å². The van der Waals surface area contributed by atoms with Gasteiger partial charge in [0, 0.05) is 12.1 Å². The van der Waals surface area contributed by atoms with E-state index in [9.17, 15) is 22.8 Å². The Morgan fingerprint density at radius 1 is 1.18 bits per heavy atom. The lowest BCUT2D eigenvalue weighted by Gasteiger charge is -2.03. The number of rotatable bonds is 1. The number of aromatic carboxylic acids is 1. The van der Waals surface area contributed by atoms with Gasteiger partial charge in [-0.15, -0.1) is 0 Å². The van der Waals surface area contributed by atoms with Gasteiger partial charge in [0.15, 0.2) is 22.9 Å². The fourth-order valence-electron chi connectivity index (χ4n) is 1.43. The maximum atomic E-state index is 13.3. The van der Waals surface area contributed by atoms with Crippen molar-refractivity contribution >= 4 is 16.9 Å². The normalized spacial score (nSPS) is 10.8. The lowest BCUT2D eigenvalue weighted by Crippen LogP contribution is -2.12. The summed E-state index contributed by atoms with van der Waals surface area (Å²) in [6, 6.07) is 1.13.